The van der Waals surface area contributed by atoms with Gasteiger partial charge in [-0.15, -0.1) is 0 Å². The normalized spacial score (nSPS) is 11.3. The Kier molecular flexibility index (Phi) is 7.27. The SMILES string of the molecule is N#C/C(=C\c1cc(Br)ccc1OS(=O)(=O)c1ccccc1)C(=O)Nc1ccc(C(=O)O)cc1. The fourth-order valence-corrected chi connectivity index (χ4v) is 4.01. The van der Waals surface area contributed by atoms with E-state index in [4.69, 9.17) is 9.29 Å². The van der Waals surface area contributed by atoms with Gasteiger partial charge in [0.15, 0.2) is 0 Å². The molecule has 0 spiro atoms. The Morgan fingerprint density at radius 2 is 1.70 bits per heavy atom. The first-order chi connectivity index (χ1) is 15.7. The summed E-state index contributed by atoms with van der Waals surface area (Å²) in [6.45, 7) is 0. The van der Waals surface area contributed by atoms with Gasteiger partial charge in [-0.2, -0.15) is 13.7 Å². The number of hydrogen-bond donors (Lipinski definition) is 2. The van der Waals surface area contributed by atoms with Gasteiger partial charge in [-0.05, 0) is 60.7 Å². The number of benzene rings is 3. The first-order valence-electron chi connectivity index (χ1n) is 9.25. The Hall–Kier alpha value is -3.94. The average molecular weight is 527 g/mol. The van der Waals surface area contributed by atoms with E-state index < -0.39 is 22.0 Å². The third kappa shape index (κ3) is 6.06. The van der Waals surface area contributed by atoms with Crippen molar-refractivity contribution < 1.29 is 27.3 Å². The fourth-order valence-electron chi connectivity index (χ4n) is 2.66. The van der Waals surface area contributed by atoms with Gasteiger partial charge >= 0.3 is 16.1 Å². The van der Waals surface area contributed by atoms with E-state index in [2.05, 4.69) is 21.2 Å². The maximum absolute atomic E-state index is 12.6. The first kappa shape index (κ1) is 23.7. The van der Waals surface area contributed by atoms with Crippen molar-refractivity contribution in [1.29, 1.82) is 5.26 Å². The predicted molar refractivity (Wildman–Crippen MR) is 124 cm³/mol. The number of carboxylic acids is 1. The van der Waals surface area contributed by atoms with Crippen LogP contribution in [0.25, 0.3) is 6.08 Å². The molecule has 0 unspecified atom stereocenters. The molecule has 1 amide bonds. The van der Waals surface area contributed by atoms with Crippen LogP contribution in [0.4, 0.5) is 5.69 Å². The second kappa shape index (κ2) is 10.1. The molecule has 10 heteroatoms. The summed E-state index contributed by atoms with van der Waals surface area (Å²) in [5, 5.41) is 20.9. The molecule has 3 aromatic carbocycles. The van der Waals surface area contributed by atoms with Crippen molar-refractivity contribution in [2.45, 2.75) is 4.90 Å². The molecule has 33 heavy (non-hydrogen) atoms. The van der Waals surface area contributed by atoms with Crippen LogP contribution in [0, 0.1) is 11.3 Å². The van der Waals surface area contributed by atoms with Gasteiger partial charge < -0.3 is 14.6 Å². The van der Waals surface area contributed by atoms with Crippen LogP contribution < -0.4 is 9.50 Å². The van der Waals surface area contributed by atoms with Crippen molar-refractivity contribution in [3.8, 4) is 11.8 Å². The van der Waals surface area contributed by atoms with E-state index in [0.717, 1.165) is 0 Å². The number of halogens is 1. The van der Waals surface area contributed by atoms with Gasteiger partial charge in [0.1, 0.15) is 22.3 Å². The highest BCUT2D eigenvalue weighted by molar-refractivity contribution is 9.10. The molecule has 3 rings (SSSR count). The van der Waals surface area contributed by atoms with Crippen molar-refractivity contribution in [2.24, 2.45) is 0 Å². The third-order valence-corrected chi connectivity index (χ3v) is 6.00. The minimum absolute atomic E-state index is 0.0413. The molecule has 0 radical (unpaired) electrons. The zero-order chi connectivity index (χ0) is 24.0. The van der Waals surface area contributed by atoms with Crippen LogP contribution in [0.15, 0.2) is 87.7 Å². The summed E-state index contributed by atoms with van der Waals surface area (Å²) < 4.78 is 31.0. The van der Waals surface area contributed by atoms with E-state index in [1.54, 1.807) is 30.3 Å². The van der Waals surface area contributed by atoms with Crippen LogP contribution in [0.1, 0.15) is 15.9 Å². The number of anilines is 1. The summed E-state index contributed by atoms with van der Waals surface area (Å²) >= 11 is 3.28. The molecule has 166 valence electrons. The smallest absolute Gasteiger partial charge is 0.339 e. The predicted octanol–water partition coefficient (Wildman–Crippen LogP) is 4.46. The van der Waals surface area contributed by atoms with Gasteiger partial charge in [-0.3, -0.25) is 4.79 Å². The summed E-state index contributed by atoms with van der Waals surface area (Å²) in [5.74, 6) is -1.95. The molecule has 0 heterocycles. The second-order valence-corrected chi connectivity index (χ2v) is 9.00. The van der Waals surface area contributed by atoms with Crippen molar-refractivity contribution in [3.63, 3.8) is 0 Å². The zero-order valence-corrected chi connectivity index (χ0v) is 19.1. The highest BCUT2D eigenvalue weighted by Crippen LogP contribution is 2.28. The van der Waals surface area contributed by atoms with Crippen molar-refractivity contribution in [2.75, 3.05) is 5.32 Å². The Bertz CT molecular complexity index is 1380. The lowest BCUT2D eigenvalue weighted by Crippen LogP contribution is -2.14. The number of rotatable bonds is 7. The van der Waals surface area contributed by atoms with Crippen LogP contribution in [-0.4, -0.2) is 25.4 Å². The monoisotopic (exact) mass is 526 g/mol. The number of carbonyl (C=O) groups excluding carboxylic acids is 1. The lowest BCUT2D eigenvalue weighted by atomic mass is 10.1. The Morgan fingerprint density at radius 3 is 2.30 bits per heavy atom. The summed E-state index contributed by atoms with van der Waals surface area (Å²) in [4.78, 5) is 23.5. The summed E-state index contributed by atoms with van der Waals surface area (Å²) in [6.07, 6.45) is 1.20. The lowest BCUT2D eigenvalue weighted by Gasteiger charge is -2.11. The molecule has 0 saturated heterocycles. The minimum atomic E-state index is -4.15. The molecule has 8 nitrogen and oxygen atoms in total. The number of nitrogens with one attached hydrogen (secondary N) is 1. The van der Waals surface area contributed by atoms with Crippen LogP contribution in [0.2, 0.25) is 0 Å². The quantitative estimate of drug-likeness (QED) is 0.263. The summed E-state index contributed by atoms with van der Waals surface area (Å²) in [7, 11) is -4.15. The molecule has 0 aliphatic carbocycles. The molecular weight excluding hydrogens is 512 g/mol. The Balaban J connectivity index is 1.90. The van der Waals surface area contributed by atoms with Gasteiger partial charge in [0.05, 0.1) is 5.56 Å². The standard InChI is InChI=1S/C23H15BrN2O6S/c24-18-8-11-21(32-33(30,31)20-4-2-1-3-5-20)16(13-18)12-17(14-25)22(27)26-19-9-6-15(7-10-19)23(28)29/h1-13H,(H,26,27)(H,28,29)/b17-12+. The Labute approximate surface area is 198 Å². The lowest BCUT2D eigenvalue weighted by molar-refractivity contribution is -0.112. The number of aromatic carboxylic acids is 1. The topological polar surface area (TPSA) is 134 Å². The van der Waals surface area contributed by atoms with Crippen molar-refractivity contribution >= 4 is 49.7 Å². The molecule has 0 aliphatic rings. The zero-order valence-electron chi connectivity index (χ0n) is 16.7. The Morgan fingerprint density at radius 1 is 1.03 bits per heavy atom. The van der Waals surface area contributed by atoms with Gasteiger partial charge in [-0.1, -0.05) is 34.1 Å². The molecule has 0 saturated carbocycles. The van der Waals surface area contributed by atoms with Gasteiger partial charge in [0.2, 0.25) is 0 Å². The first-order valence-corrected chi connectivity index (χ1v) is 11.5. The molecule has 0 fully saturated rings. The highest BCUT2D eigenvalue weighted by Gasteiger charge is 2.19. The van der Waals surface area contributed by atoms with Crippen LogP contribution in [0.5, 0.6) is 5.75 Å². The number of nitriles is 1. The number of hydrogen-bond acceptors (Lipinski definition) is 6. The second-order valence-electron chi connectivity index (χ2n) is 6.54. The van der Waals surface area contributed by atoms with E-state index in [0.29, 0.717) is 4.47 Å². The molecule has 2 N–H and O–H groups in total. The average Bonchev–Trinajstić information content (AvgIpc) is 2.79. The number of nitrogens with zero attached hydrogens (tertiary/aromatic N) is 1. The number of carboxylic acid groups (broad SMARTS) is 1. The van der Waals surface area contributed by atoms with Gasteiger partial charge in [0.25, 0.3) is 5.91 Å². The van der Waals surface area contributed by atoms with E-state index in [1.165, 1.54) is 54.6 Å². The fraction of sp³-hybridized carbons (Fsp3) is 0. The highest BCUT2D eigenvalue weighted by atomic mass is 79.9. The largest absolute Gasteiger partial charge is 0.478 e. The maximum Gasteiger partial charge on any atom is 0.339 e. The maximum atomic E-state index is 12.6. The molecule has 0 aliphatic heterocycles. The van der Waals surface area contributed by atoms with Gasteiger partial charge in [0, 0.05) is 15.7 Å². The van der Waals surface area contributed by atoms with Crippen molar-refractivity contribution in [3.05, 3.63) is 94.0 Å². The molecule has 0 atom stereocenters. The number of amides is 1. The van der Waals surface area contributed by atoms with Crippen LogP contribution in [0.3, 0.4) is 0 Å². The van der Waals surface area contributed by atoms with E-state index in [9.17, 15) is 23.3 Å². The summed E-state index contributed by atoms with van der Waals surface area (Å²) in [5.41, 5.74) is 0.178. The minimum Gasteiger partial charge on any atom is -0.478 e. The van der Waals surface area contributed by atoms with Crippen LogP contribution in [-0.2, 0) is 14.9 Å². The van der Waals surface area contributed by atoms with Gasteiger partial charge in [-0.25, -0.2) is 4.79 Å². The van der Waals surface area contributed by atoms with E-state index in [-0.39, 0.29) is 33.0 Å². The van der Waals surface area contributed by atoms with Crippen LogP contribution >= 0.6 is 15.9 Å². The molecular formula is C23H15BrN2O6S. The summed E-state index contributed by atoms with van der Waals surface area (Å²) in [6, 6.07) is 19.2. The molecule has 0 bridgehead atoms. The number of carbonyl (C=O) groups is 2. The molecule has 3 aromatic rings. The van der Waals surface area contributed by atoms with E-state index >= 15 is 0 Å². The molecule has 0 aromatic heterocycles. The van der Waals surface area contributed by atoms with E-state index in [1.807, 2.05) is 0 Å². The third-order valence-electron chi connectivity index (χ3n) is 4.26. The van der Waals surface area contributed by atoms with Crippen molar-refractivity contribution in [1.82, 2.24) is 0 Å².